The summed E-state index contributed by atoms with van der Waals surface area (Å²) >= 11 is 0. The number of aromatic nitrogens is 3. The zero-order chi connectivity index (χ0) is 14.5. The summed E-state index contributed by atoms with van der Waals surface area (Å²) in [6.07, 6.45) is 1.85. The van der Waals surface area contributed by atoms with E-state index in [1.165, 1.54) is 0 Å². The van der Waals surface area contributed by atoms with Gasteiger partial charge in [-0.25, -0.2) is 8.42 Å². The van der Waals surface area contributed by atoms with E-state index in [1.807, 2.05) is 26.0 Å². The fourth-order valence-electron chi connectivity index (χ4n) is 2.41. The number of hydrogen-bond acceptors (Lipinski definition) is 4. The Bertz CT molecular complexity index is 759. The quantitative estimate of drug-likeness (QED) is 0.818. The Balaban J connectivity index is 2.22. The summed E-state index contributed by atoms with van der Waals surface area (Å²) in [5.41, 5.74) is 3.06. The second-order valence-electron chi connectivity index (χ2n) is 5.22. The van der Waals surface area contributed by atoms with E-state index < -0.39 is 9.05 Å². The Morgan fingerprint density at radius 1 is 1.15 bits per heavy atom. The van der Waals surface area contributed by atoms with Crippen LogP contribution in [0.3, 0.4) is 0 Å². The number of benzene rings is 1. The summed E-state index contributed by atoms with van der Waals surface area (Å²) in [5, 5.41) is 7.67. The molecule has 0 radical (unpaired) electrons. The second kappa shape index (κ2) is 4.56. The first-order valence-corrected chi connectivity index (χ1v) is 8.65. The highest BCUT2D eigenvalue weighted by Crippen LogP contribution is 2.40. The van der Waals surface area contributed by atoms with Gasteiger partial charge >= 0.3 is 0 Å². The molecule has 1 aliphatic carbocycles. The van der Waals surface area contributed by atoms with E-state index in [0.29, 0.717) is 5.82 Å². The molecule has 106 valence electrons. The van der Waals surface area contributed by atoms with Crippen LogP contribution < -0.4 is 0 Å². The molecule has 20 heavy (non-hydrogen) atoms. The van der Waals surface area contributed by atoms with Gasteiger partial charge in [0.1, 0.15) is 0 Å². The number of hydrogen-bond donors (Lipinski definition) is 0. The van der Waals surface area contributed by atoms with Crippen molar-refractivity contribution in [2.24, 2.45) is 0 Å². The molecule has 1 saturated carbocycles. The van der Waals surface area contributed by atoms with E-state index in [2.05, 4.69) is 16.3 Å². The highest BCUT2D eigenvalue weighted by atomic mass is 35.7. The standard InChI is InChI=1S/C13H14ClN3O2S/c1-8-5-9(2)7-10(6-8)12-15-16-13(20(14,18)19)17(12)11-3-4-11/h5-7,11H,3-4H2,1-2H3. The van der Waals surface area contributed by atoms with Crippen LogP contribution in [0.5, 0.6) is 0 Å². The molecule has 0 atom stereocenters. The monoisotopic (exact) mass is 311 g/mol. The lowest BCUT2D eigenvalue weighted by atomic mass is 10.1. The smallest absolute Gasteiger partial charge is 0.294 e. The fourth-order valence-corrected chi connectivity index (χ4v) is 3.33. The van der Waals surface area contributed by atoms with E-state index in [9.17, 15) is 8.42 Å². The van der Waals surface area contributed by atoms with Crippen LogP contribution in [-0.4, -0.2) is 23.2 Å². The summed E-state index contributed by atoms with van der Waals surface area (Å²) in [4.78, 5) is 0. The predicted molar refractivity (Wildman–Crippen MR) is 76.2 cm³/mol. The number of halogens is 1. The molecular formula is C13H14ClN3O2S. The Labute approximate surface area is 122 Å². The molecule has 7 heteroatoms. The largest absolute Gasteiger partial charge is 0.296 e. The van der Waals surface area contributed by atoms with E-state index in [-0.39, 0.29) is 11.2 Å². The van der Waals surface area contributed by atoms with Crippen LogP contribution in [0.25, 0.3) is 11.4 Å². The maximum atomic E-state index is 11.6. The maximum absolute atomic E-state index is 11.6. The molecular weight excluding hydrogens is 298 g/mol. The molecule has 0 unspecified atom stereocenters. The summed E-state index contributed by atoms with van der Waals surface area (Å²) in [6.45, 7) is 3.99. The van der Waals surface area contributed by atoms with Gasteiger partial charge in [0.15, 0.2) is 5.82 Å². The van der Waals surface area contributed by atoms with Gasteiger partial charge in [-0.3, -0.25) is 4.57 Å². The minimum absolute atomic E-state index is 0.129. The van der Waals surface area contributed by atoms with Gasteiger partial charge < -0.3 is 0 Å². The third-order valence-corrected chi connectivity index (χ3v) is 4.40. The SMILES string of the molecule is Cc1cc(C)cc(-c2nnc(S(=O)(=O)Cl)n2C2CC2)c1. The molecule has 0 spiro atoms. The molecule has 1 aliphatic rings. The van der Waals surface area contributed by atoms with E-state index in [1.54, 1.807) is 4.57 Å². The zero-order valence-electron chi connectivity index (χ0n) is 11.2. The normalized spacial score (nSPS) is 15.6. The van der Waals surface area contributed by atoms with Crippen molar-refractivity contribution in [3.63, 3.8) is 0 Å². The third kappa shape index (κ3) is 2.45. The molecule has 0 aliphatic heterocycles. The van der Waals surface area contributed by atoms with Crippen LogP contribution in [0.4, 0.5) is 0 Å². The number of aryl methyl sites for hydroxylation is 2. The highest BCUT2D eigenvalue weighted by molar-refractivity contribution is 8.13. The van der Waals surface area contributed by atoms with Crippen molar-refractivity contribution in [1.29, 1.82) is 0 Å². The van der Waals surface area contributed by atoms with E-state index in [4.69, 9.17) is 10.7 Å². The Hall–Kier alpha value is -1.40. The van der Waals surface area contributed by atoms with Gasteiger partial charge in [0.2, 0.25) is 0 Å². The fraction of sp³-hybridized carbons (Fsp3) is 0.385. The summed E-state index contributed by atoms with van der Waals surface area (Å²) < 4.78 is 24.9. The molecule has 1 fully saturated rings. The van der Waals surface area contributed by atoms with Crippen molar-refractivity contribution in [3.8, 4) is 11.4 Å². The summed E-state index contributed by atoms with van der Waals surface area (Å²) in [6, 6.07) is 6.13. The lowest BCUT2D eigenvalue weighted by molar-refractivity contribution is 0.579. The minimum atomic E-state index is -3.88. The Morgan fingerprint density at radius 2 is 1.75 bits per heavy atom. The molecule has 0 bridgehead atoms. The highest BCUT2D eigenvalue weighted by Gasteiger charge is 2.34. The van der Waals surface area contributed by atoms with Crippen molar-refractivity contribution in [1.82, 2.24) is 14.8 Å². The van der Waals surface area contributed by atoms with Crippen LogP contribution in [0.1, 0.15) is 30.0 Å². The van der Waals surface area contributed by atoms with E-state index >= 15 is 0 Å². The van der Waals surface area contributed by atoms with Crippen LogP contribution in [0, 0.1) is 13.8 Å². The lowest BCUT2D eigenvalue weighted by Gasteiger charge is -2.08. The molecule has 5 nitrogen and oxygen atoms in total. The average Bonchev–Trinajstić information content (AvgIpc) is 3.04. The number of rotatable bonds is 3. The van der Waals surface area contributed by atoms with Crippen LogP contribution >= 0.6 is 10.7 Å². The van der Waals surface area contributed by atoms with Crippen LogP contribution in [0.15, 0.2) is 23.4 Å². The van der Waals surface area contributed by atoms with Crippen LogP contribution in [0.2, 0.25) is 0 Å². The van der Waals surface area contributed by atoms with Crippen LogP contribution in [-0.2, 0) is 9.05 Å². The second-order valence-corrected chi connectivity index (χ2v) is 7.68. The number of nitrogens with zero attached hydrogens (tertiary/aromatic N) is 3. The van der Waals surface area contributed by atoms with Crippen molar-refractivity contribution < 1.29 is 8.42 Å². The summed E-state index contributed by atoms with van der Waals surface area (Å²) in [7, 11) is 1.56. The molecule has 1 heterocycles. The van der Waals surface area contributed by atoms with Crippen molar-refractivity contribution in [3.05, 3.63) is 29.3 Å². The average molecular weight is 312 g/mol. The van der Waals surface area contributed by atoms with Gasteiger partial charge in [-0.1, -0.05) is 17.2 Å². The zero-order valence-corrected chi connectivity index (χ0v) is 12.7. The van der Waals surface area contributed by atoms with Crippen molar-refractivity contribution in [2.75, 3.05) is 0 Å². The minimum Gasteiger partial charge on any atom is -0.294 e. The first-order valence-electron chi connectivity index (χ1n) is 6.34. The van der Waals surface area contributed by atoms with Gasteiger partial charge in [0, 0.05) is 22.3 Å². The first-order chi connectivity index (χ1) is 9.36. The van der Waals surface area contributed by atoms with Gasteiger partial charge in [-0.15, -0.1) is 10.2 Å². The lowest BCUT2D eigenvalue weighted by Crippen LogP contribution is -2.06. The first kappa shape index (κ1) is 13.6. The van der Waals surface area contributed by atoms with Gasteiger partial charge in [0.25, 0.3) is 14.2 Å². The molecule has 0 saturated heterocycles. The summed E-state index contributed by atoms with van der Waals surface area (Å²) in [5.74, 6) is 0.568. The third-order valence-electron chi connectivity index (χ3n) is 3.27. The van der Waals surface area contributed by atoms with Gasteiger partial charge in [-0.2, -0.15) is 0 Å². The molecule has 1 aromatic carbocycles. The molecule has 0 N–H and O–H groups in total. The maximum Gasteiger partial charge on any atom is 0.296 e. The molecule has 2 aromatic rings. The Kier molecular flexibility index (Phi) is 3.10. The van der Waals surface area contributed by atoms with Gasteiger partial charge in [0.05, 0.1) is 0 Å². The van der Waals surface area contributed by atoms with Crippen molar-refractivity contribution >= 4 is 19.7 Å². The molecule has 0 amide bonds. The van der Waals surface area contributed by atoms with Crippen molar-refractivity contribution in [2.45, 2.75) is 37.9 Å². The molecule has 3 rings (SSSR count). The van der Waals surface area contributed by atoms with Gasteiger partial charge in [-0.05, 0) is 38.8 Å². The van der Waals surface area contributed by atoms with E-state index in [0.717, 1.165) is 29.5 Å². The Morgan fingerprint density at radius 3 is 2.25 bits per heavy atom. The topological polar surface area (TPSA) is 64.8 Å². The predicted octanol–water partition coefficient (Wildman–Crippen LogP) is 2.82. The molecule has 1 aromatic heterocycles.